The third-order valence-electron chi connectivity index (χ3n) is 3.26. The molecule has 0 spiro atoms. The standard InChI is InChI=1S/C14H18IN3O/c1-9-6-5-7-10(12(9)15)13(16-2)14-11(19-4)8-17-18(14)3/h5-8,13,16H,1-4H3. The highest BCUT2D eigenvalue weighted by Crippen LogP contribution is 2.32. The largest absolute Gasteiger partial charge is 0.493 e. The van der Waals surface area contributed by atoms with Crippen LogP contribution in [0.25, 0.3) is 0 Å². The van der Waals surface area contributed by atoms with E-state index in [1.807, 2.05) is 18.8 Å². The Bertz CT molecular complexity index is 580. The summed E-state index contributed by atoms with van der Waals surface area (Å²) in [5.41, 5.74) is 3.55. The molecule has 0 aliphatic carbocycles. The molecular weight excluding hydrogens is 353 g/mol. The lowest BCUT2D eigenvalue weighted by Crippen LogP contribution is -2.22. The molecule has 0 saturated heterocycles. The van der Waals surface area contributed by atoms with Crippen LogP contribution in [-0.2, 0) is 7.05 Å². The molecule has 0 bridgehead atoms. The summed E-state index contributed by atoms with van der Waals surface area (Å²) in [5.74, 6) is 0.805. The van der Waals surface area contributed by atoms with Crippen LogP contribution < -0.4 is 10.1 Å². The van der Waals surface area contributed by atoms with Crippen molar-refractivity contribution >= 4 is 22.6 Å². The summed E-state index contributed by atoms with van der Waals surface area (Å²) in [6, 6.07) is 6.41. The van der Waals surface area contributed by atoms with Gasteiger partial charge < -0.3 is 10.1 Å². The number of benzene rings is 1. The van der Waals surface area contributed by atoms with E-state index in [1.54, 1.807) is 13.3 Å². The molecule has 0 saturated carbocycles. The van der Waals surface area contributed by atoms with Crippen molar-refractivity contribution < 1.29 is 4.74 Å². The first kappa shape index (κ1) is 14.3. The van der Waals surface area contributed by atoms with Crippen LogP contribution in [0.2, 0.25) is 0 Å². The van der Waals surface area contributed by atoms with Crippen molar-refractivity contribution in [1.82, 2.24) is 15.1 Å². The summed E-state index contributed by atoms with van der Waals surface area (Å²) in [4.78, 5) is 0. The Kier molecular flexibility index (Phi) is 4.46. The lowest BCUT2D eigenvalue weighted by molar-refractivity contribution is 0.402. The van der Waals surface area contributed by atoms with E-state index in [0.29, 0.717) is 0 Å². The van der Waals surface area contributed by atoms with E-state index in [2.05, 4.69) is 58.1 Å². The molecule has 0 aliphatic heterocycles. The predicted molar refractivity (Wildman–Crippen MR) is 84.6 cm³/mol. The SMILES string of the molecule is CNC(c1cccc(C)c1I)c1c(OC)cnn1C. The zero-order chi connectivity index (χ0) is 14.0. The molecule has 19 heavy (non-hydrogen) atoms. The highest BCUT2D eigenvalue weighted by molar-refractivity contribution is 14.1. The molecule has 1 aromatic carbocycles. The van der Waals surface area contributed by atoms with Gasteiger partial charge in [-0.2, -0.15) is 5.10 Å². The fraction of sp³-hybridized carbons (Fsp3) is 0.357. The van der Waals surface area contributed by atoms with E-state index in [0.717, 1.165) is 11.4 Å². The quantitative estimate of drug-likeness (QED) is 0.840. The number of rotatable bonds is 4. The highest BCUT2D eigenvalue weighted by Gasteiger charge is 2.23. The molecule has 1 N–H and O–H groups in total. The van der Waals surface area contributed by atoms with Crippen LogP contribution >= 0.6 is 22.6 Å². The van der Waals surface area contributed by atoms with E-state index in [1.165, 1.54) is 14.7 Å². The minimum atomic E-state index is 0.0641. The Balaban J connectivity index is 2.56. The maximum absolute atomic E-state index is 5.41. The van der Waals surface area contributed by atoms with Crippen molar-refractivity contribution in [2.45, 2.75) is 13.0 Å². The number of nitrogens with one attached hydrogen (secondary N) is 1. The number of aromatic nitrogens is 2. The summed E-state index contributed by atoms with van der Waals surface area (Å²) in [5, 5.41) is 7.64. The predicted octanol–water partition coefficient (Wildman–Crippen LogP) is 2.65. The minimum absolute atomic E-state index is 0.0641. The third kappa shape index (κ3) is 2.62. The first-order valence-electron chi connectivity index (χ1n) is 6.08. The van der Waals surface area contributed by atoms with Crippen molar-refractivity contribution in [1.29, 1.82) is 0 Å². The van der Waals surface area contributed by atoms with Gasteiger partial charge in [0.25, 0.3) is 0 Å². The van der Waals surface area contributed by atoms with Crippen LogP contribution in [0.4, 0.5) is 0 Å². The molecule has 5 heteroatoms. The fourth-order valence-electron chi connectivity index (χ4n) is 2.25. The molecule has 1 unspecified atom stereocenters. The highest BCUT2D eigenvalue weighted by atomic mass is 127. The van der Waals surface area contributed by atoms with Crippen molar-refractivity contribution in [3.8, 4) is 5.75 Å². The number of aryl methyl sites for hydroxylation is 2. The molecule has 0 radical (unpaired) electrons. The molecular formula is C14H18IN3O. The average Bonchev–Trinajstić information content (AvgIpc) is 2.77. The zero-order valence-electron chi connectivity index (χ0n) is 11.6. The van der Waals surface area contributed by atoms with Crippen molar-refractivity contribution in [3.05, 3.63) is 44.8 Å². The molecule has 2 rings (SSSR count). The summed E-state index contributed by atoms with van der Waals surface area (Å²) >= 11 is 2.39. The number of nitrogens with zero attached hydrogens (tertiary/aromatic N) is 2. The van der Waals surface area contributed by atoms with Crippen molar-refractivity contribution in [2.75, 3.05) is 14.2 Å². The first-order chi connectivity index (χ1) is 9.10. The first-order valence-corrected chi connectivity index (χ1v) is 7.16. The Morgan fingerprint density at radius 2 is 2.16 bits per heavy atom. The molecule has 1 aromatic heterocycles. The van der Waals surface area contributed by atoms with E-state index < -0.39 is 0 Å². The Morgan fingerprint density at radius 1 is 1.42 bits per heavy atom. The van der Waals surface area contributed by atoms with Crippen LogP contribution in [0.5, 0.6) is 5.75 Å². The summed E-state index contributed by atoms with van der Waals surface area (Å²) in [6.07, 6.45) is 1.75. The summed E-state index contributed by atoms with van der Waals surface area (Å²) in [6.45, 7) is 2.12. The molecule has 0 fully saturated rings. The van der Waals surface area contributed by atoms with Crippen LogP contribution in [-0.4, -0.2) is 23.9 Å². The van der Waals surface area contributed by atoms with Gasteiger partial charge in [0, 0.05) is 10.6 Å². The maximum atomic E-state index is 5.41. The molecule has 1 heterocycles. The normalized spacial score (nSPS) is 12.5. The van der Waals surface area contributed by atoms with Crippen molar-refractivity contribution in [3.63, 3.8) is 0 Å². The second kappa shape index (κ2) is 5.92. The van der Waals surface area contributed by atoms with Gasteiger partial charge in [-0.15, -0.1) is 0 Å². The smallest absolute Gasteiger partial charge is 0.161 e. The van der Waals surface area contributed by atoms with Crippen LogP contribution in [0.15, 0.2) is 24.4 Å². The van der Waals surface area contributed by atoms with Crippen LogP contribution in [0.3, 0.4) is 0 Å². The number of halogens is 1. The molecule has 102 valence electrons. The molecule has 4 nitrogen and oxygen atoms in total. The van der Waals surface area contributed by atoms with Gasteiger partial charge in [0.1, 0.15) is 5.69 Å². The van der Waals surface area contributed by atoms with Crippen LogP contribution in [0, 0.1) is 10.5 Å². The van der Waals surface area contributed by atoms with Gasteiger partial charge in [-0.05, 0) is 47.7 Å². The van der Waals surface area contributed by atoms with Gasteiger partial charge in [-0.3, -0.25) is 4.68 Å². The maximum Gasteiger partial charge on any atom is 0.161 e. The number of ether oxygens (including phenoxy) is 1. The second-order valence-corrected chi connectivity index (χ2v) is 5.50. The number of methoxy groups -OCH3 is 1. The second-order valence-electron chi connectivity index (χ2n) is 4.42. The summed E-state index contributed by atoms with van der Waals surface area (Å²) in [7, 11) is 5.56. The lowest BCUT2D eigenvalue weighted by atomic mass is 10.0. The number of hydrogen-bond donors (Lipinski definition) is 1. The molecule has 1 atom stereocenters. The zero-order valence-corrected chi connectivity index (χ0v) is 13.7. The van der Waals surface area contributed by atoms with E-state index in [-0.39, 0.29) is 6.04 Å². The van der Waals surface area contributed by atoms with E-state index >= 15 is 0 Å². The Labute approximate surface area is 127 Å². The minimum Gasteiger partial charge on any atom is -0.493 e. The summed E-state index contributed by atoms with van der Waals surface area (Å²) < 4.78 is 8.54. The van der Waals surface area contributed by atoms with Gasteiger partial charge in [-0.1, -0.05) is 18.2 Å². The van der Waals surface area contributed by atoms with Crippen LogP contribution in [0.1, 0.15) is 22.9 Å². The molecule has 0 amide bonds. The van der Waals surface area contributed by atoms with E-state index in [4.69, 9.17) is 4.74 Å². The third-order valence-corrected chi connectivity index (χ3v) is 4.74. The van der Waals surface area contributed by atoms with Crippen molar-refractivity contribution in [2.24, 2.45) is 7.05 Å². The van der Waals surface area contributed by atoms with Gasteiger partial charge in [0.15, 0.2) is 5.75 Å². The Hall–Kier alpha value is -1.08. The molecule has 0 aliphatic rings. The van der Waals surface area contributed by atoms with Gasteiger partial charge in [-0.25, -0.2) is 0 Å². The van der Waals surface area contributed by atoms with E-state index in [9.17, 15) is 0 Å². The topological polar surface area (TPSA) is 39.1 Å². The average molecular weight is 371 g/mol. The fourth-order valence-corrected chi connectivity index (χ4v) is 2.92. The monoisotopic (exact) mass is 371 g/mol. The molecule has 2 aromatic rings. The number of hydrogen-bond acceptors (Lipinski definition) is 3. The van der Waals surface area contributed by atoms with Gasteiger partial charge >= 0.3 is 0 Å². The Morgan fingerprint density at radius 3 is 2.79 bits per heavy atom. The lowest BCUT2D eigenvalue weighted by Gasteiger charge is -2.20. The van der Waals surface area contributed by atoms with Gasteiger partial charge in [0.2, 0.25) is 0 Å². The van der Waals surface area contributed by atoms with Gasteiger partial charge in [0.05, 0.1) is 19.3 Å².